The van der Waals surface area contributed by atoms with Gasteiger partial charge in [0, 0.05) is 5.70 Å². The number of allylic oxidation sites excluding steroid dienone is 1. The molecule has 3 rings (SSSR count). The van der Waals surface area contributed by atoms with E-state index in [1.807, 2.05) is 0 Å². The zero-order valence-electron chi connectivity index (χ0n) is 18.5. The molecule has 1 heterocycles. The van der Waals surface area contributed by atoms with Crippen LogP contribution in [0.3, 0.4) is 0 Å². The first kappa shape index (κ1) is 24.5. The number of hydrogen-bond donors (Lipinski definition) is 2. The van der Waals surface area contributed by atoms with E-state index >= 15 is 0 Å². The first-order valence-corrected chi connectivity index (χ1v) is 10.1. The summed E-state index contributed by atoms with van der Waals surface area (Å²) in [7, 11) is 1.27. The van der Waals surface area contributed by atoms with Crippen molar-refractivity contribution in [1.82, 2.24) is 5.32 Å². The van der Waals surface area contributed by atoms with Crippen LogP contribution in [0, 0.1) is 0 Å². The van der Waals surface area contributed by atoms with Gasteiger partial charge in [-0.15, -0.1) is 0 Å². The summed E-state index contributed by atoms with van der Waals surface area (Å²) < 4.78 is 40.1. The number of hydrogen-bond acceptors (Lipinski definition) is 6. The van der Waals surface area contributed by atoms with Crippen LogP contribution in [-0.4, -0.2) is 43.4 Å². The molecule has 2 amide bonds. The van der Waals surface area contributed by atoms with Gasteiger partial charge in [0.2, 0.25) is 0 Å². The fourth-order valence-electron chi connectivity index (χ4n) is 3.59. The number of esters is 1. The van der Waals surface area contributed by atoms with Crippen LogP contribution in [-0.2, 0) is 9.53 Å². The van der Waals surface area contributed by atoms with Gasteiger partial charge in [-0.25, -0.2) is 14.4 Å². The number of halogens is 2. The van der Waals surface area contributed by atoms with Crippen LogP contribution < -0.4 is 19.7 Å². The number of anilines is 1. The number of methoxy groups -OCH3 is 1. The van der Waals surface area contributed by atoms with Gasteiger partial charge >= 0.3 is 24.6 Å². The average molecular weight is 476 g/mol. The smallest absolute Gasteiger partial charge is 0.387 e. The van der Waals surface area contributed by atoms with Gasteiger partial charge in [0.25, 0.3) is 0 Å². The second kappa shape index (κ2) is 10.2. The van der Waals surface area contributed by atoms with Gasteiger partial charge in [0.1, 0.15) is 0 Å². The summed E-state index contributed by atoms with van der Waals surface area (Å²) >= 11 is 0. The second-order valence-corrected chi connectivity index (χ2v) is 7.08. The zero-order chi connectivity index (χ0) is 25.0. The summed E-state index contributed by atoms with van der Waals surface area (Å²) in [5, 5.41) is 11.8. The number of urea groups is 1. The molecule has 2 aromatic rings. The molecule has 1 atom stereocenters. The van der Waals surface area contributed by atoms with Crippen molar-refractivity contribution in [3.63, 3.8) is 0 Å². The lowest BCUT2D eigenvalue weighted by molar-refractivity contribution is -0.139. The zero-order valence-corrected chi connectivity index (χ0v) is 18.5. The van der Waals surface area contributed by atoms with E-state index in [4.69, 9.17) is 14.6 Å². The summed E-state index contributed by atoms with van der Waals surface area (Å²) in [6, 6.07) is 8.04. The molecule has 0 aliphatic carbocycles. The molecule has 0 radical (unpaired) electrons. The number of amides is 2. The number of alkyl halides is 2. The fraction of sp³-hybridized carbons (Fsp3) is 0.261. The highest BCUT2D eigenvalue weighted by atomic mass is 19.3. The van der Waals surface area contributed by atoms with Gasteiger partial charge < -0.3 is 24.6 Å². The van der Waals surface area contributed by atoms with Crippen LogP contribution in [0.2, 0.25) is 0 Å². The van der Waals surface area contributed by atoms with Gasteiger partial charge in [0.15, 0.2) is 11.5 Å². The third-order valence-corrected chi connectivity index (χ3v) is 5.09. The molecule has 1 unspecified atom stereocenters. The minimum Gasteiger partial charge on any atom is -0.493 e. The maximum Gasteiger partial charge on any atom is 0.387 e. The van der Waals surface area contributed by atoms with E-state index in [-0.39, 0.29) is 34.9 Å². The highest BCUT2D eigenvalue weighted by Gasteiger charge is 2.37. The molecule has 9 nitrogen and oxygen atoms in total. The number of carboxylic acid groups (broad SMARTS) is 1. The van der Waals surface area contributed by atoms with E-state index in [1.54, 1.807) is 13.8 Å². The third kappa shape index (κ3) is 4.92. The molecule has 180 valence electrons. The number of carboxylic acids is 1. The Bertz CT molecular complexity index is 1130. The van der Waals surface area contributed by atoms with E-state index in [9.17, 15) is 23.2 Å². The predicted molar refractivity (Wildman–Crippen MR) is 116 cm³/mol. The number of ether oxygens (including phenoxy) is 3. The van der Waals surface area contributed by atoms with Crippen molar-refractivity contribution >= 4 is 23.7 Å². The summed E-state index contributed by atoms with van der Waals surface area (Å²) in [5.74, 6) is -2.03. The largest absolute Gasteiger partial charge is 0.493 e. The highest BCUT2D eigenvalue weighted by Crippen LogP contribution is 2.38. The van der Waals surface area contributed by atoms with E-state index < -0.39 is 30.6 Å². The van der Waals surface area contributed by atoms with Crippen molar-refractivity contribution in [2.45, 2.75) is 26.5 Å². The van der Waals surface area contributed by atoms with Gasteiger partial charge in [-0.2, -0.15) is 8.78 Å². The van der Waals surface area contributed by atoms with Crippen molar-refractivity contribution < 1.29 is 42.5 Å². The molecule has 0 saturated carbocycles. The Labute approximate surface area is 193 Å². The summed E-state index contributed by atoms with van der Waals surface area (Å²) in [6.45, 7) is 0.196. The summed E-state index contributed by atoms with van der Waals surface area (Å²) in [4.78, 5) is 38.3. The molecule has 0 saturated heterocycles. The van der Waals surface area contributed by atoms with Gasteiger partial charge in [-0.05, 0) is 55.8 Å². The maximum atomic E-state index is 13.1. The Hall–Kier alpha value is -4.15. The van der Waals surface area contributed by atoms with Crippen LogP contribution in [0.25, 0.3) is 0 Å². The van der Waals surface area contributed by atoms with Crippen molar-refractivity contribution in [2.75, 3.05) is 18.6 Å². The lowest BCUT2D eigenvalue weighted by Gasteiger charge is -2.35. The Balaban J connectivity index is 2.09. The molecule has 0 bridgehead atoms. The number of nitrogens with one attached hydrogen (secondary N) is 1. The first-order chi connectivity index (χ1) is 16.2. The van der Waals surface area contributed by atoms with Crippen molar-refractivity contribution in [1.29, 1.82) is 0 Å². The molecule has 11 heteroatoms. The highest BCUT2D eigenvalue weighted by molar-refractivity contribution is 6.03. The van der Waals surface area contributed by atoms with Crippen molar-refractivity contribution in [3.05, 3.63) is 64.9 Å². The van der Waals surface area contributed by atoms with E-state index in [1.165, 1.54) is 54.5 Å². The molecule has 2 N–H and O–H groups in total. The molecule has 0 aromatic heterocycles. The topological polar surface area (TPSA) is 114 Å². The Morgan fingerprint density at radius 1 is 1.15 bits per heavy atom. The molecule has 1 aliphatic heterocycles. The first-order valence-electron chi connectivity index (χ1n) is 10.1. The number of rotatable bonds is 8. The molecule has 1 aliphatic rings. The molecular weight excluding hydrogens is 454 g/mol. The van der Waals surface area contributed by atoms with Gasteiger partial charge in [0.05, 0.1) is 36.6 Å². The third-order valence-electron chi connectivity index (χ3n) is 5.09. The molecular formula is C23H22F2N2O7. The molecule has 34 heavy (non-hydrogen) atoms. The van der Waals surface area contributed by atoms with Crippen LogP contribution in [0.1, 0.15) is 35.8 Å². The Kier molecular flexibility index (Phi) is 7.34. The Morgan fingerprint density at radius 3 is 2.38 bits per heavy atom. The minimum atomic E-state index is -3.06. The number of benzene rings is 2. The summed E-state index contributed by atoms with van der Waals surface area (Å²) in [6.07, 6.45) is 0. The number of nitrogens with zero attached hydrogens (tertiary/aromatic N) is 1. The maximum absolute atomic E-state index is 13.1. The standard InChI is InChI=1S/C23H22F2N2O7/c1-4-33-21(30)18-12(2)27(15-8-5-13(6-9-15)20(28)29)23(31)26-19(18)14-7-10-16(34-22(24)25)17(11-14)32-3/h5-11,19,22H,4H2,1-3H3,(H,26,31)(H,28,29). The molecule has 0 fully saturated rings. The lowest BCUT2D eigenvalue weighted by Crippen LogP contribution is -2.48. The van der Waals surface area contributed by atoms with Crippen LogP contribution >= 0.6 is 0 Å². The normalized spacial score (nSPS) is 15.8. The molecule has 2 aromatic carbocycles. The monoisotopic (exact) mass is 476 g/mol. The second-order valence-electron chi connectivity index (χ2n) is 7.08. The SMILES string of the molecule is CCOC(=O)C1=C(C)N(c2ccc(C(=O)O)cc2)C(=O)NC1c1ccc(OC(F)F)c(OC)c1. The van der Waals surface area contributed by atoms with Crippen LogP contribution in [0.5, 0.6) is 11.5 Å². The van der Waals surface area contributed by atoms with Crippen molar-refractivity contribution in [2.24, 2.45) is 0 Å². The number of carbonyl (C=O) groups is 3. The Morgan fingerprint density at radius 2 is 1.82 bits per heavy atom. The average Bonchev–Trinajstić information content (AvgIpc) is 2.79. The van der Waals surface area contributed by atoms with E-state index in [0.29, 0.717) is 11.3 Å². The van der Waals surface area contributed by atoms with Crippen molar-refractivity contribution in [3.8, 4) is 11.5 Å². The molecule has 0 spiro atoms. The predicted octanol–water partition coefficient (Wildman–Crippen LogP) is 4.10. The van der Waals surface area contributed by atoms with Gasteiger partial charge in [-0.3, -0.25) is 4.90 Å². The van der Waals surface area contributed by atoms with Crippen LogP contribution in [0.15, 0.2) is 53.7 Å². The lowest BCUT2D eigenvalue weighted by atomic mass is 9.94. The van der Waals surface area contributed by atoms with Gasteiger partial charge in [-0.1, -0.05) is 6.07 Å². The summed E-state index contributed by atoms with van der Waals surface area (Å²) in [5.41, 5.74) is 1.09. The minimum absolute atomic E-state index is 0.0143. The quantitative estimate of drug-likeness (QED) is 0.551. The van der Waals surface area contributed by atoms with Crippen LogP contribution in [0.4, 0.5) is 19.3 Å². The fourth-order valence-corrected chi connectivity index (χ4v) is 3.59. The van der Waals surface area contributed by atoms with E-state index in [2.05, 4.69) is 10.1 Å². The number of carbonyl (C=O) groups excluding carboxylic acids is 2. The van der Waals surface area contributed by atoms with E-state index in [0.717, 1.165) is 0 Å². The number of aromatic carboxylic acids is 1.